The molecule has 0 unspecified atom stereocenters. The average molecular weight is 168 g/mol. The molecule has 66 valence electrons. The van der Waals surface area contributed by atoms with Crippen molar-refractivity contribution in [3.05, 3.63) is 0 Å². The number of carbonyl (C=O) groups is 1. The fourth-order valence-electron chi connectivity index (χ4n) is 0.453. The normalized spacial score (nSPS) is 19.0. The molecule has 0 saturated carbocycles. The summed E-state index contributed by atoms with van der Waals surface area (Å²) in [6, 6.07) is -2.15. The van der Waals surface area contributed by atoms with Crippen LogP contribution in [0.25, 0.3) is 0 Å². The molecule has 0 saturated heterocycles. The summed E-state index contributed by atoms with van der Waals surface area (Å²) in [4.78, 5) is 9.74. The van der Waals surface area contributed by atoms with E-state index in [-0.39, 0.29) is 0 Å². The molecule has 3 atom stereocenters. The molecule has 0 aromatic rings. The zero-order valence-electron chi connectivity index (χ0n) is 5.51. The molecule has 0 fully saturated rings. The highest BCUT2D eigenvalue weighted by Gasteiger charge is 2.29. The van der Waals surface area contributed by atoms with Crippen LogP contribution in [0.15, 0.2) is 0 Å². The lowest BCUT2D eigenvalue weighted by atomic mass is 10.1. The minimum atomic E-state index is -2.29. The zero-order chi connectivity index (χ0) is 9.02. The SMILES string of the molecule is O=C(F)[C@@H](O)[C@H](O)[C@H](O)CO. The molecule has 0 aliphatic rings. The first-order valence-corrected chi connectivity index (χ1v) is 2.85. The molecule has 0 bridgehead atoms. The average Bonchev–Trinajstić information content (AvgIpc) is 2.00. The topological polar surface area (TPSA) is 98.0 Å². The standard InChI is InChI=1S/C5H9FO5/c6-5(11)4(10)3(9)2(8)1-7/h2-4,7-10H,1H2/t2-,3-,4+/m1/s1. The third kappa shape index (κ3) is 2.89. The van der Waals surface area contributed by atoms with Gasteiger partial charge in [0.2, 0.25) is 0 Å². The minimum Gasteiger partial charge on any atom is -0.394 e. The van der Waals surface area contributed by atoms with Gasteiger partial charge < -0.3 is 20.4 Å². The van der Waals surface area contributed by atoms with Crippen LogP contribution in [0.2, 0.25) is 0 Å². The zero-order valence-corrected chi connectivity index (χ0v) is 5.51. The third-order valence-electron chi connectivity index (χ3n) is 1.14. The molecule has 4 N–H and O–H groups in total. The van der Waals surface area contributed by atoms with Crippen molar-refractivity contribution in [3.63, 3.8) is 0 Å². The van der Waals surface area contributed by atoms with E-state index in [4.69, 9.17) is 20.4 Å². The van der Waals surface area contributed by atoms with Crippen molar-refractivity contribution in [3.8, 4) is 0 Å². The lowest BCUT2D eigenvalue weighted by Gasteiger charge is -2.17. The van der Waals surface area contributed by atoms with Gasteiger partial charge in [0.15, 0.2) is 6.10 Å². The summed E-state index contributed by atoms with van der Waals surface area (Å²) in [5.41, 5.74) is 0. The second kappa shape index (κ2) is 4.35. The highest BCUT2D eigenvalue weighted by atomic mass is 19.1. The molecule has 6 heteroatoms. The van der Waals surface area contributed by atoms with Gasteiger partial charge in [0, 0.05) is 0 Å². The van der Waals surface area contributed by atoms with Gasteiger partial charge in [-0.25, -0.2) is 0 Å². The number of hydrogen-bond donors (Lipinski definition) is 4. The molecular formula is C5H9FO5. The molecule has 0 aromatic heterocycles. The van der Waals surface area contributed by atoms with Crippen molar-refractivity contribution >= 4 is 6.04 Å². The van der Waals surface area contributed by atoms with Gasteiger partial charge in [-0.15, -0.1) is 0 Å². The molecule has 0 amide bonds. The van der Waals surface area contributed by atoms with Crippen molar-refractivity contribution in [1.82, 2.24) is 0 Å². The smallest absolute Gasteiger partial charge is 0.332 e. The molecular weight excluding hydrogens is 159 g/mol. The molecule has 0 radical (unpaired) electrons. The van der Waals surface area contributed by atoms with Crippen molar-refractivity contribution in [2.45, 2.75) is 18.3 Å². The van der Waals surface area contributed by atoms with Crippen LogP contribution in [0.4, 0.5) is 4.39 Å². The Labute approximate surface area is 61.7 Å². The first kappa shape index (κ1) is 10.4. The van der Waals surface area contributed by atoms with E-state index in [1.54, 1.807) is 0 Å². The molecule has 0 rings (SSSR count). The van der Waals surface area contributed by atoms with E-state index in [0.717, 1.165) is 0 Å². The maximum Gasteiger partial charge on any atom is 0.332 e. The largest absolute Gasteiger partial charge is 0.394 e. The van der Waals surface area contributed by atoms with Gasteiger partial charge in [0.25, 0.3) is 0 Å². The lowest BCUT2D eigenvalue weighted by molar-refractivity contribution is -0.151. The van der Waals surface area contributed by atoms with E-state index in [2.05, 4.69) is 0 Å². The van der Waals surface area contributed by atoms with Gasteiger partial charge in [-0.3, -0.25) is 4.79 Å². The first-order valence-electron chi connectivity index (χ1n) is 2.85. The van der Waals surface area contributed by atoms with Crippen molar-refractivity contribution in [2.75, 3.05) is 6.61 Å². The Morgan fingerprint density at radius 1 is 1.36 bits per heavy atom. The van der Waals surface area contributed by atoms with Crippen molar-refractivity contribution in [1.29, 1.82) is 0 Å². The van der Waals surface area contributed by atoms with Crippen molar-refractivity contribution < 1.29 is 29.6 Å². The van der Waals surface area contributed by atoms with E-state index >= 15 is 0 Å². The third-order valence-corrected chi connectivity index (χ3v) is 1.14. The Kier molecular flexibility index (Phi) is 4.12. The van der Waals surface area contributed by atoms with Crippen LogP contribution in [0.5, 0.6) is 0 Å². The second-order valence-corrected chi connectivity index (χ2v) is 1.99. The molecule has 5 nitrogen and oxygen atoms in total. The van der Waals surface area contributed by atoms with E-state index < -0.39 is 31.0 Å². The van der Waals surface area contributed by atoms with Gasteiger partial charge in [-0.1, -0.05) is 0 Å². The Balaban J connectivity index is 4.00. The number of aliphatic hydroxyl groups excluding tert-OH is 4. The van der Waals surface area contributed by atoms with Crippen molar-refractivity contribution in [2.24, 2.45) is 0 Å². The van der Waals surface area contributed by atoms with Crippen LogP contribution in [0, 0.1) is 0 Å². The first-order chi connectivity index (χ1) is 5.00. The minimum absolute atomic E-state index is 0.856. The molecule has 11 heavy (non-hydrogen) atoms. The number of hydrogen-bond acceptors (Lipinski definition) is 5. The lowest BCUT2D eigenvalue weighted by Crippen LogP contribution is -2.42. The second-order valence-electron chi connectivity index (χ2n) is 1.99. The summed E-state index contributed by atoms with van der Waals surface area (Å²) in [5.74, 6) is 0. The fourth-order valence-corrected chi connectivity index (χ4v) is 0.453. The van der Waals surface area contributed by atoms with Crippen LogP contribution in [0.3, 0.4) is 0 Å². The Morgan fingerprint density at radius 3 is 2.09 bits per heavy atom. The Bertz CT molecular complexity index is 139. The van der Waals surface area contributed by atoms with Gasteiger partial charge >= 0.3 is 6.04 Å². The summed E-state index contributed by atoms with van der Waals surface area (Å²) in [7, 11) is 0. The van der Waals surface area contributed by atoms with Crippen LogP contribution >= 0.6 is 0 Å². The number of halogens is 1. The van der Waals surface area contributed by atoms with Gasteiger partial charge in [0.05, 0.1) is 6.61 Å². The summed E-state index contributed by atoms with van der Waals surface area (Å²) >= 11 is 0. The number of aliphatic hydroxyl groups is 4. The Hall–Kier alpha value is -0.560. The highest BCUT2D eigenvalue weighted by Crippen LogP contribution is 2.01. The summed E-state index contributed by atoms with van der Waals surface area (Å²) < 4.78 is 11.6. The quantitative estimate of drug-likeness (QED) is 0.349. The van der Waals surface area contributed by atoms with E-state index in [9.17, 15) is 9.18 Å². The maximum atomic E-state index is 11.6. The summed E-state index contributed by atoms with van der Waals surface area (Å²) in [6.45, 7) is -0.856. The predicted molar refractivity (Wildman–Crippen MR) is 31.2 cm³/mol. The molecule has 0 heterocycles. The molecule has 0 aromatic carbocycles. The monoisotopic (exact) mass is 168 g/mol. The Morgan fingerprint density at radius 2 is 1.82 bits per heavy atom. The van der Waals surface area contributed by atoms with E-state index in [1.807, 2.05) is 0 Å². The van der Waals surface area contributed by atoms with Gasteiger partial charge in [-0.05, 0) is 0 Å². The van der Waals surface area contributed by atoms with Gasteiger partial charge in [0.1, 0.15) is 12.2 Å². The van der Waals surface area contributed by atoms with Crippen LogP contribution in [-0.4, -0.2) is 51.4 Å². The predicted octanol–water partition coefficient (Wildman–Crippen LogP) is -2.44. The molecule has 0 aliphatic heterocycles. The van der Waals surface area contributed by atoms with Gasteiger partial charge in [-0.2, -0.15) is 4.39 Å². The number of rotatable bonds is 4. The number of carbonyl (C=O) groups excluding carboxylic acids is 1. The van der Waals surface area contributed by atoms with Crippen LogP contribution < -0.4 is 0 Å². The van der Waals surface area contributed by atoms with Crippen LogP contribution in [-0.2, 0) is 4.79 Å². The molecule has 0 spiro atoms. The summed E-state index contributed by atoms with van der Waals surface area (Å²) in [6.07, 6.45) is -6.00. The summed E-state index contributed by atoms with van der Waals surface area (Å²) in [5, 5.41) is 33.8. The maximum absolute atomic E-state index is 11.6. The molecule has 0 aliphatic carbocycles. The highest BCUT2D eigenvalue weighted by molar-refractivity contribution is 5.73. The van der Waals surface area contributed by atoms with E-state index in [1.165, 1.54) is 0 Å². The van der Waals surface area contributed by atoms with E-state index in [0.29, 0.717) is 0 Å². The van der Waals surface area contributed by atoms with Crippen LogP contribution in [0.1, 0.15) is 0 Å². The fraction of sp³-hybridized carbons (Fsp3) is 0.800.